The van der Waals surface area contributed by atoms with E-state index in [-0.39, 0.29) is 22.8 Å². The lowest BCUT2D eigenvalue weighted by Crippen LogP contribution is -2.25. The molecule has 35 heavy (non-hydrogen) atoms. The van der Waals surface area contributed by atoms with E-state index < -0.39 is 24.1 Å². The second kappa shape index (κ2) is 10.5. The summed E-state index contributed by atoms with van der Waals surface area (Å²) in [5.41, 5.74) is 2.15. The van der Waals surface area contributed by atoms with E-state index in [0.717, 1.165) is 0 Å². The Kier molecular flexibility index (Phi) is 7.40. The molecular weight excluding hydrogens is 516 g/mol. The van der Waals surface area contributed by atoms with Gasteiger partial charge in [0.1, 0.15) is 5.82 Å². The quantitative estimate of drug-likeness (QED) is 0.297. The number of aromatic nitrogens is 2. The van der Waals surface area contributed by atoms with Crippen molar-refractivity contribution in [3.05, 3.63) is 104 Å². The first-order chi connectivity index (χ1) is 16.7. The molecule has 1 heterocycles. The van der Waals surface area contributed by atoms with E-state index in [0.29, 0.717) is 32.6 Å². The normalized spacial score (nSPS) is 10.9. The Morgan fingerprint density at radius 2 is 1.60 bits per heavy atom. The largest absolute Gasteiger partial charge is 0.481 e. The standard InChI is InChI=1S/C25H17Cl3FN3O3/c26-16-5-3-15(4-6-16)24-19(12-22(33)34)23(25(35)30-13-14-1-8-18(29)9-2-14)31-32(24)21-10-7-17(27)11-20(21)28/h1-11H,12-13H2,(H,30,35)(H,33,34). The molecule has 0 aliphatic rings. The predicted molar refractivity (Wildman–Crippen MR) is 133 cm³/mol. The van der Waals surface area contributed by atoms with Crippen LogP contribution >= 0.6 is 34.8 Å². The van der Waals surface area contributed by atoms with Crippen molar-refractivity contribution in [3.8, 4) is 16.9 Å². The predicted octanol–water partition coefficient (Wildman–Crippen LogP) is 6.20. The van der Waals surface area contributed by atoms with Gasteiger partial charge in [0.05, 0.1) is 22.8 Å². The van der Waals surface area contributed by atoms with Gasteiger partial charge in [-0.25, -0.2) is 9.07 Å². The number of benzene rings is 3. The monoisotopic (exact) mass is 531 g/mol. The maximum absolute atomic E-state index is 13.2. The Hall–Kier alpha value is -3.39. The van der Waals surface area contributed by atoms with Gasteiger partial charge >= 0.3 is 5.97 Å². The molecule has 6 nitrogen and oxygen atoms in total. The summed E-state index contributed by atoms with van der Waals surface area (Å²) < 4.78 is 14.6. The first-order valence-corrected chi connectivity index (χ1v) is 11.4. The fourth-order valence-electron chi connectivity index (χ4n) is 3.55. The molecule has 3 aromatic carbocycles. The maximum atomic E-state index is 13.2. The van der Waals surface area contributed by atoms with Crippen LogP contribution in [0.4, 0.5) is 4.39 Å². The summed E-state index contributed by atoms with van der Waals surface area (Å²) in [4.78, 5) is 25.0. The molecule has 0 bridgehead atoms. The average Bonchev–Trinajstić information content (AvgIpc) is 3.17. The van der Waals surface area contributed by atoms with Crippen LogP contribution in [0, 0.1) is 5.82 Å². The molecule has 0 saturated carbocycles. The Labute approximate surface area is 214 Å². The number of carbonyl (C=O) groups is 2. The number of hydrogen-bond acceptors (Lipinski definition) is 3. The Morgan fingerprint density at radius 1 is 0.943 bits per heavy atom. The minimum absolute atomic E-state index is 0.0783. The molecule has 0 unspecified atom stereocenters. The van der Waals surface area contributed by atoms with E-state index in [2.05, 4.69) is 10.4 Å². The van der Waals surface area contributed by atoms with Crippen molar-refractivity contribution in [1.29, 1.82) is 0 Å². The number of hydrogen-bond donors (Lipinski definition) is 2. The zero-order valence-corrected chi connectivity index (χ0v) is 20.2. The number of carboxylic acid groups (broad SMARTS) is 1. The Balaban J connectivity index is 1.85. The molecule has 0 aliphatic carbocycles. The summed E-state index contributed by atoms with van der Waals surface area (Å²) in [6.45, 7) is 0.0937. The van der Waals surface area contributed by atoms with Crippen molar-refractivity contribution < 1.29 is 19.1 Å². The van der Waals surface area contributed by atoms with Crippen molar-refractivity contribution >= 4 is 46.7 Å². The second-order valence-electron chi connectivity index (χ2n) is 7.57. The minimum atomic E-state index is -1.14. The molecule has 10 heteroatoms. The second-order valence-corrected chi connectivity index (χ2v) is 8.85. The summed E-state index contributed by atoms with van der Waals surface area (Å²) in [5.74, 6) is -2.13. The summed E-state index contributed by atoms with van der Waals surface area (Å²) >= 11 is 18.5. The van der Waals surface area contributed by atoms with Crippen molar-refractivity contribution in [3.63, 3.8) is 0 Å². The van der Waals surface area contributed by atoms with Gasteiger partial charge in [0.25, 0.3) is 5.91 Å². The van der Waals surface area contributed by atoms with Crippen LogP contribution in [-0.2, 0) is 17.8 Å². The molecule has 1 amide bonds. The fourth-order valence-corrected chi connectivity index (χ4v) is 4.17. The number of aliphatic carboxylic acids is 1. The number of amides is 1. The summed E-state index contributed by atoms with van der Waals surface area (Å²) in [7, 11) is 0. The number of halogens is 4. The first kappa shape index (κ1) is 24.7. The lowest BCUT2D eigenvalue weighted by molar-refractivity contribution is -0.136. The van der Waals surface area contributed by atoms with Crippen LogP contribution in [0.5, 0.6) is 0 Å². The van der Waals surface area contributed by atoms with Gasteiger partial charge in [-0.1, -0.05) is 59.1 Å². The number of carbonyl (C=O) groups excluding carboxylic acids is 1. The minimum Gasteiger partial charge on any atom is -0.481 e. The van der Waals surface area contributed by atoms with Gasteiger partial charge in [-0.2, -0.15) is 5.10 Å². The number of nitrogens with zero attached hydrogens (tertiary/aromatic N) is 2. The third-order valence-corrected chi connectivity index (χ3v) is 5.94. The molecule has 0 fully saturated rings. The van der Waals surface area contributed by atoms with E-state index in [1.165, 1.54) is 22.9 Å². The molecule has 0 atom stereocenters. The van der Waals surface area contributed by atoms with Gasteiger partial charge in [-0.3, -0.25) is 9.59 Å². The van der Waals surface area contributed by atoms with E-state index >= 15 is 0 Å². The van der Waals surface area contributed by atoms with Gasteiger partial charge in [0.15, 0.2) is 5.69 Å². The number of rotatable bonds is 7. The molecule has 178 valence electrons. The van der Waals surface area contributed by atoms with Crippen LogP contribution in [-0.4, -0.2) is 26.8 Å². The van der Waals surface area contributed by atoms with E-state index in [9.17, 15) is 19.1 Å². The molecule has 2 N–H and O–H groups in total. The molecule has 0 saturated heterocycles. The molecule has 0 spiro atoms. The fraction of sp³-hybridized carbons (Fsp3) is 0.0800. The number of carboxylic acids is 1. The van der Waals surface area contributed by atoms with Crippen LogP contribution < -0.4 is 5.32 Å². The van der Waals surface area contributed by atoms with Crippen molar-refractivity contribution in [2.24, 2.45) is 0 Å². The summed E-state index contributed by atoms with van der Waals surface area (Å²) in [5, 5.41) is 18.0. The molecular formula is C25H17Cl3FN3O3. The topological polar surface area (TPSA) is 84.2 Å². The van der Waals surface area contributed by atoms with Gasteiger partial charge in [-0.15, -0.1) is 0 Å². The number of nitrogens with one attached hydrogen (secondary N) is 1. The summed E-state index contributed by atoms with van der Waals surface area (Å²) in [6, 6.07) is 17.1. The lowest BCUT2D eigenvalue weighted by atomic mass is 10.0. The van der Waals surface area contributed by atoms with Gasteiger partial charge < -0.3 is 10.4 Å². The van der Waals surface area contributed by atoms with Gasteiger partial charge in [-0.05, 0) is 48.0 Å². The van der Waals surface area contributed by atoms with E-state index in [1.807, 2.05) is 0 Å². The van der Waals surface area contributed by atoms with Crippen molar-refractivity contribution in [1.82, 2.24) is 15.1 Å². The molecule has 0 radical (unpaired) electrons. The highest BCUT2D eigenvalue weighted by Gasteiger charge is 2.27. The molecule has 4 rings (SSSR count). The maximum Gasteiger partial charge on any atom is 0.307 e. The smallest absolute Gasteiger partial charge is 0.307 e. The zero-order chi connectivity index (χ0) is 25.1. The van der Waals surface area contributed by atoms with Crippen LogP contribution in [0.3, 0.4) is 0 Å². The summed E-state index contributed by atoms with van der Waals surface area (Å²) in [6.07, 6.45) is -0.470. The highest BCUT2D eigenvalue weighted by molar-refractivity contribution is 6.35. The van der Waals surface area contributed by atoms with Crippen molar-refractivity contribution in [2.75, 3.05) is 0 Å². The van der Waals surface area contributed by atoms with Crippen LogP contribution in [0.15, 0.2) is 66.7 Å². The average molecular weight is 533 g/mol. The molecule has 0 aliphatic heterocycles. The zero-order valence-electron chi connectivity index (χ0n) is 17.9. The van der Waals surface area contributed by atoms with E-state index in [4.69, 9.17) is 34.8 Å². The van der Waals surface area contributed by atoms with Gasteiger partial charge in [0, 0.05) is 27.7 Å². The Bertz CT molecular complexity index is 1400. The lowest BCUT2D eigenvalue weighted by Gasteiger charge is -2.11. The molecule has 4 aromatic rings. The van der Waals surface area contributed by atoms with Crippen LogP contribution in [0.1, 0.15) is 21.6 Å². The highest BCUT2D eigenvalue weighted by atomic mass is 35.5. The molecule has 1 aromatic heterocycles. The SMILES string of the molecule is O=C(O)Cc1c(C(=O)NCc2ccc(F)cc2)nn(-c2ccc(Cl)cc2Cl)c1-c1ccc(Cl)cc1. The van der Waals surface area contributed by atoms with Gasteiger partial charge in [0.2, 0.25) is 0 Å². The third-order valence-electron chi connectivity index (χ3n) is 5.15. The first-order valence-electron chi connectivity index (χ1n) is 10.3. The van der Waals surface area contributed by atoms with Crippen LogP contribution in [0.2, 0.25) is 15.1 Å². The van der Waals surface area contributed by atoms with Crippen LogP contribution in [0.25, 0.3) is 16.9 Å². The van der Waals surface area contributed by atoms with Crippen molar-refractivity contribution in [2.45, 2.75) is 13.0 Å². The highest BCUT2D eigenvalue weighted by Crippen LogP contribution is 2.34. The Morgan fingerprint density at radius 3 is 2.23 bits per heavy atom. The third kappa shape index (κ3) is 5.65. The van der Waals surface area contributed by atoms with E-state index in [1.54, 1.807) is 48.5 Å².